The monoisotopic (exact) mass is 276 g/mol. The van der Waals surface area contributed by atoms with Crippen LogP contribution < -0.4 is 5.32 Å². The summed E-state index contributed by atoms with van der Waals surface area (Å²) in [5.74, 6) is 0. The molecule has 2 aromatic rings. The zero-order valence-electron chi connectivity index (χ0n) is 8.35. The highest BCUT2D eigenvalue weighted by atomic mass is 79.9. The quantitative estimate of drug-likeness (QED) is 0.833. The number of nitrogens with zero attached hydrogens (tertiary/aromatic N) is 1. The van der Waals surface area contributed by atoms with Crippen molar-refractivity contribution in [1.82, 2.24) is 0 Å². The lowest BCUT2D eigenvalue weighted by Crippen LogP contribution is -1.88. The highest BCUT2D eigenvalue weighted by Gasteiger charge is 1.95. The fourth-order valence-corrected chi connectivity index (χ4v) is 1.57. The molecule has 0 aliphatic rings. The minimum atomic E-state index is 0.432. The van der Waals surface area contributed by atoms with Crippen LogP contribution in [0.25, 0.3) is 0 Å². The fraction of sp³-hybridized carbons (Fsp3) is 0. The standard InChI is InChI=1S/C12H9BrN2O/c13-9-1-3-10(4-2-9)14-11-5-7-12(15-16)8-6-11/h1-8,14H. The van der Waals surface area contributed by atoms with Crippen LogP contribution in [0.4, 0.5) is 17.1 Å². The Morgan fingerprint density at radius 1 is 0.875 bits per heavy atom. The Kier molecular flexibility index (Phi) is 3.31. The van der Waals surface area contributed by atoms with E-state index >= 15 is 0 Å². The third kappa shape index (κ3) is 2.67. The van der Waals surface area contributed by atoms with Crippen molar-refractivity contribution in [2.75, 3.05) is 5.32 Å². The lowest BCUT2D eigenvalue weighted by atomic mass is 10.2. The molecule has 16 heavy (non-hydrogen) atoms. The zero-order chi connectivity index (χ0) is 11.4. The van der Waals surface area contributed by atoms with Gasteiger partial charge in [-0.05, 0) is 53.7 Å². The first-order valence-electron chi connectivity index (χ1n) is 4.74. The van der Waals surface area contributed by atoms with Gasteiger partial charge in [0.1, 0.15) is 5.69 Å². The molecule has 0 spiro atoms. The Morgan fingerprint density at radius 3 is 1.88 bits per heavy atom. The predicted octanol–water partition coefficient (Wildman–Crippen LogP) is 4.59. The Labute approximate surface area is 102 Å². The average Bonchev–Trinajstić information content (AvgIpc) is 2.33. The van der Waals surface area contributed by atoms with Gasteiger partial charge in [0.15, 0.2) is 0 Å². The van der Waals surface area contributed by atoms with Crippen molar-refractivity contribution in [1.29, 1.82) is 0 Å². The minimum absolute atomic E-state index is 0.432. The van der Waals surface area contributed by atoms with Gasteiger partial charge < -0.3 is 5.32 Å². The molecule has 3 nitrogen and oxygen atoms in total. The van der Waals surface area contributed by atoms with E-state index < -0.39 is 0 Å². The van der Waals surface area contributed by atoms with Crippen LogP contribution in [0.15, 0.2) is 58.2 Å². The van der Waals surface area contributed by atoms with Crippen LogP contribution in [-0.2, 0) is 0 Å². The molecule has 0 fully saturated rings. The molecule has 1 N–H and O–H groups in total. The van der Waals surface area contributed by atoms with Crippen LogP contribution in [0.3, 0.4) is 0 Å². The van der Waals surface area contributed by atoms with E-state index in [1.807, 2.05) is 36.4 Å². The second kappa shape index (κ2) is 4.90. The van der Waals surface area contributed by atoms with Gasteiger partial charge in [-0.1, -0.05) is 15.9 Å². The average molecular weight is 277 g/mol. The maximum Gasteiger partial charge on any atom is 0.108 e. The summed E-state index contributed by atoms with van der Waals surface area (Å²) < 4.78 is 1.04. The molecule has 0 heterocycles. The Morgan fingerprint density at radius 2 is 1.38 bits per heavy atom. The molecule has 0 aliphatic carbocycles. The summed E-state index contributed by atoms with van der Waals surface area (Å²) in [5, 5.41) is 6.06. The lowest BCUT2D eigenvalue weighted by molar-refractivity contribution is 1.48. The molecule has 2 rings (SSSR count). The Hall–Kier alpha value is -1.68. The van der Waals surface area contributed by atoms with Crippen molar-refractivity contribution in [3.05, 3.63) is 57.9 Å². The van der Waals surface area contributed by atoms with Crippen molar-refractivity contribution in [2.24, 2.45) is 5.18 Å². The molecule has 4 heteroatoms. The summed E-state index contributed by atoms with van der Waals surface area (Å²) >= 11 is 3.37. The summed E-state index contributed by atoms with van der Waals surface area (Å²) in [7, 11) is 0. The van der Waals surface area contributed by atoms with Crippen molar-refractivity contribution in [3.8, 4) is 0 Å². The number of nitroso groups, excluding NO2 is 1. The molecule has 80 valence electrons. The first-order chi connectivity index (χ1) is 7.78. The van der Waals surface area contributed by atoms with E-state index in [2.05, 4.69) is 26.4 Å². The van der Waals surface area contributed by atoms with Gasteiger partial charge in [-0.15, -0.1) is 4.91 Å². The third-order valence-electron chi connectivity index (χ3n) is 2.11. The van der Waals surface area contributed by atoms with Gasteiger partial charge in [0, 0.05) is 15.8 Å². The maximum absolute atomic E-state index is 10.2. The van der Waals surface area contributed by atoms with Gasteiger partial charge in [0.05, 0.1) is 0 Å². The second-order valence-electron chi connectivity index (χ2n) is 3.27. The molecule has 0 unspecified atom stereocenters. The summed E-state index contributed by atoms with van der Waals surface area (Å²) in [6, 6.07) is 14.8. The topological polar surface area (TPSA) is 41.5 Å². The Bertz CT molecular complexity index is 479. The van der Waals surface area contributed by atoms with Crippen molar-refractivity contribution in [2.45, 2.75) is 0 Å². The van der Waals surface area contributed by atoms with E-state index in [0.717, 1.165) is 15.8 Å². The second-order valence-corrected chi connectivity index (χ2v) is 4.19. The number of anilines is 2. The molecule has 0 amide bonds. The van der Waals surface area contributed by atoms with Gasteiger partial charge >= 0.3 is 0 Å². The summed E-state index contributed by atoms with van der Waals surface area (Å²) in [4.78, 5) is 10.2. The van der Waals surface area contributed by atoms with Crippen molar-refractivity contribution >= 4 is 33.0 Å². The summed E-state index contributed by atoms with van der Waals surface area (Å²) in [6.07, 6.45) is 0. The van der Waals surface area contributed by atoms with Crippen LogP contribution in [0.5, 0.6) is 0 Å². The number of rotatable bonds is 3. The van der Waals surface area contributed by atoms with Crippen LogP contribution in [0.1, 0.15) is 0 Å². The molecule has 0 radical (unpaired) electrons. The van der Waals surface area contributed by atoms with Crippen LogP contribution in [0.2, 0.25) is 0 Å². The molecular weight excluding hydrogens is 268 g/mol. The maximum atomic E-state index is 10.2. The number of nitrogens with one attached hydrogen (secondary N) is 1. The third-order valence-corrected chi connectivity index (χ3v) is 2.63. The molecule has 2 aromatic carbocycles. The highest BCUT2D eigenvalue weighted by Crippen LogP contribution is 2.21. The van der Waals surface area contributed by atoms with Crippen molar-refractivity contribution < 1.29 is 0 Å². The normalized spacial score (nSPS) is 9.81. The van der Waals surface area contributed by atoms with E-state index in [9.17, 15) is 4.91 Å². The summed E-state index contributed by atoms with van der Waals surface area (Å²) in [6.45, 7) is 0. The van der Waals surface area contributed by atoms with Gasteiger partial charge in [0.2, 0.25) is 0 Å². The number of benzene rings is 2. The van der Waals surface area contributed by atoms with Crippen LogP contribution in [0, 0.1) is 4.91 Å². The van der Waals surface area contributed by atoms with E-state index in [-0.39, 0.29) is 0 Å². The Balaban J connectivity index is 2.14. The first-order valence-corrected chi connectivity index (χ1v) is 5.53. The lowest BCUT2D eigenvalue weighted by Gasteiger charge is -2.05. The van der Waals surface area contributed by atoms with Crippen LogP contribution in [-0.4, -0.2) is 0 Å². The van der Waals surface area contributed by atoms with Gasteiger partial charge in [-0.25, -0.2) is 0 Å². The fourth-order valence-electron chi connectivity index (χ4n) is 1.31. The molecule has 0 aliphatic heterocycles. The molecule has 0 saturated heterocycles. The largest absolute Gasteiger partial charge is 0.356 e. The molecular formula is C12H9BrN2O. The SMILES string of the molecule is O=Nc1ccc(Nc2ccc(Br)cc2)cc1. The molecule has 0 bridgehead atoms. The number of hydrogen-bond acceptors (Lipinski definition) is 3. The number of hydrogen-bond donors (Lipinski definition) is 1. The van der Waals surface area contributed by atoms with Crippen LogP contribution >= 0.6 is 15.9 Å². The van der Waals surface area contributed by atoms with Gasteiger partial charge in [0.25, 0.3) is 0 Å². The molecule has 0 atom stereocenters. The smallest absolute Gasteiger partial charge is 0.108 e. The molecule has 0 aromatic heterocycles. The van der Waals surface area contributed by atoms with E-state index in [1.54, 1.807) is 12.1 Å². The summed E-state index contributed by atoms with van der Waals surface area (Å²) in [5.41, 5.74) is 2.35. The first kappa shape index (κ1) is 10.8. The van der Waals surface area contributed by atoms with E-state index in [1.165, 1.54) is 0 Å². The van der Waals surface area contributed by atoms with Crippen molar-refractivity contribution in [3.63, 3.8) is 0 Å². The van der Waals surface area contributed by atoms with E-state index in [4.69, 9.17) is 0 Å². The molecule has 0 saturated carbocycles. The van der Waals surface area contributed by atoms with Gasteiger partial charge in [-0.2, -0.15) is 0 Å². The highest BCUT2D eigenvalue weighted by molar-refractivity contribution is 9.10. The van der Waals surface area contributed by atoms with Gasteiger partial charge in [-0.3, -0.25) is 0 Å². The zero-order valence-corrected chi connectivity index (χ0v) is 9.94. The minimum Gasteiger partial charge on any atom is -0.356 e. The van der Waals surface area contributed by atoms with E-state index in [0.29, 0.717) is 5.69 Å². The number of halogens is 1. The predicted molar refractivity (Wildman–Crippen MR) is 69.3 cm³/mol.